The molecule has 0 aliphatic carbocycles. The first-order valence-corrected chi connectivity index (χ1v) is 13.2. The number of amides is 1. The summed E-state index contributed by atoms with van der Waals surface area (Å²) < 4.78 is 5.51. The number of carbonyl (C=O) groups excluding carboxylic acids is 1. The van der Waals surface area contributed by atoms with Gasteiger partial charge in [-0.15, -0.1) is 6.58 Å². The Morgan fingerprint density at radius 2 is 2.00 bits per heavy atom. The number of pyridine rings is 1. The predicted octanol–water partition coefficient (Wildman–Crippen LogP) is 6.14. The van der Waals surface area contributed by atoms with E-state index in [2.05, 4.69) is 36.3 Å². The van der Waals surface area contributed by atoms with Gasteiger partial charge in [-0.2, -0.15) is 0 Å². The van der Waals surface area contributed by atoms with Crippen molar-refractivity contribution in [1.29, 1.82) is 0 Å². The molecule has 4 rings (SSSR count). The van der Waals surface area contributed by atoms with Crippen LogP contribution < -0.4 is 0 Å². The van der Waals surface area contributed by atoms with E-state index in [1.165, 1.54) is 0 Å². The molecule has 2 aliphatic heterocycles. The highest BCUT2D eigenvalue weighted by Gasteiger charge is 2.50. The molecule has 1 aromatic heterocycles. The monoisotopic (exact) mass is 515 g/mol. The summed E-state index contributed by atoms with van der Waals surface area (Å²) >= 11 is 12.6. The zero-order valence-electron chi connectivity index (χ0n) is 20.6. The molecule has 0 unspecified atom stereocenters. The highest BCUT2D eigenvalue weighted by Crippen LogP contribution is 2.51. The van der Waals surface area contributed by atoms with Crippen molar-refractivity contribution in [1.82, 2.24) is 14.8 Å². The van der Waals surface area contributed by atoms with Crippen molar-refractivity contribution in [2.24, 2.45) is 5.41 Å². The van der Waals surface area contributed by atoms with E-state index in [0.29, 0.717) is 22.9 Å². The second-order valence-electron chi connectivity index (χ2n) is 10.1. The fourth-order valence-corrected chi connectivity index (χ4v) is 5.87. The molecule has 2 fully saturated rings. The fourth-order valence-electron chi connectivity index (χ4n) is 5.56. The molecular formula is C28H35Cl2N3O2. The molecule has 4 atom stereocenters. The number of benzene rings is 1. The van der Waals surface area contributed by atoms with E-state index in [4.69, 9.17) is 32.9 Å². The lowest BCUT2D eigenvalue weighted by atomic mass is 9.67. The number of hydrogen-bond acceptors (Lipinski definition) is 4. The molecule has 2 saturated heterocycles. The molecule has 3 heterocycles. The lowest BCUT2D eigenvalue weighted by molar-refractivity contribution is -0.154. The maximum Gasteiger partial charge on any atom is 0.229 e. The first-order chi connectivity index (χ1) is 16.8. The second kappa shape index (κ2) is 11.4. The van der Waals surface area contributed by atoms with Crippen LogP contribution in [0.5, 0.6) is 0 Å². The van der Waals surface area contributed by atoms with Gasteiger partial charge in [-0.3, -0.25) is 14.7 Å². The van der Waals surface area contributed by atoms with Gasteiger partial charge in [0.05, 0.1) is 35.4 Å². The molecule has 0 spiro atoms. The minimum atomic E-state index is -0.551. The molecule has 7 heteroatoms. The SMILES string of the molecule is C=CC[C@@]1(C)C[C@H](c2cccc(Cl)c2)[C@@H](c2ccc(Cl)cn2)N([C@@H](C)CCN2CCOCC2)C1=O. The Morgan fingerprint density at radius 3 is 2.66 bits per heavy atom. The summed E-state index contributed by atoms with van der Waals surface area (Å²) in [6, 6.07) is 11.6. The smallest absolute Gasteiger partial charge is 0.229 e. The molecule has 0 bridgehead atoms. The Hall–Kier alpha value is -1.92. The Bertz CT molecular complexity index is 1030. The Kier molecular flexibility index (Phi) is 8.54. The van der Waals surface area contributed by atoms with E-state index in [9.17, 15) is 4.79 Å². The van der Waals surface area contributed by atoms with E-state index in [0.717, 1.165) is 50.5 Å². The van der Waals surface area contributed by atoms with Crippen LogP contribution in [0.15, 0.2) is 55.3 Å². The van der Waals surface area contributed by atoms with Crippen molar-refractivity contribution in [2.75, 3.05) is 32.8 Å². The van der Waals surface area contributed by atoms with Crippen LogP contribution in [0, 0.1) is 5.41 Å². The Labute approximate surface area is 219 Å². The summed E-state index contributed by atoms with van der Waals surface area (Å²) in [5.74, 6) is 0.197. The summed E-state index contributed by atoms with van der Waals surface area (Å²) in [6.45, 7) is 12.5. The van der Waals surface area contributed by atoms with Gasteiger partial charge in [0.15, 0.2) is 0 Å². The molecule has 35 heavy (non-hydrogen) atoms. The van der Waals surface area contributed by atoms with Crippen molar-refractivity contribution in [3.63, 3.8) is 0 Å². The minimum absolute atomic E-state index is 0.0268. The van der Waals surface area contributed by atoms with E-state index < -0.39 is 5.41 Å². The molecular weight excluding hydrogens is 481 g/mol. The molecule has 5 nitrogen and oxygen atoms in total. The molecule has 0 radical (unpaired) electrons. The molecule has 0 N–H and O–H groups in total. The largest absolute Gasteiger partial charge is 0.379 e. The van der Waals surface area contributed by atoms with E-state index in [-0.39, 0.29) is 23.9 Å². The topological polar surface area (TPSA) is 45.7 Å². The first kappa shape index (κ1) is 26.2. The highest BCUT2D eigenvalue weighted by molar-refractivity contribution is 6.30. The number of halogens is 2. The van der Waals surface area contributed by atoms with Gasteiger partial charge in [0, 0.05) is 42.8 Å². The first-order valence-electron chi connectivity index (χ1n) is 12.4. The maximum absolute atomic E-state index is 14.2. The predicted molar refractivity (Wildman–Crippen MR) is 142 cm³/mol. The summed E-state index contributed by atoms with van der Waals surface area (Å²) in [4.78, 5) is 23.4. The van der Waals surface area contributed by atoms with E-state index in [1.54, 1.807) is 6.20 Å². The van der Waals surface area contributed by atoms with Crippen LogP contribution in [0.3, 0.4) is 0 Å². The number of hydrogen-bond donors (Lipinski definition) is 0. The number of nitrogens with zero attached hydrogens (tertiary/aromatic N) is 3. The fraction of sp³-hybridized carbons (Fsp3) is 0.500. The molecule has 0 saturated carbocycles. The van der Waals surface area contributed by atoms with Crippen LogP contribution >= 0.6 is 23.2 Å². The van der Waals surface area contributed by atoms with Crippen LogP contribution in [0.2, 0.25) is 10.0 Å². The lowest BCUT2D eigenvalue weighted by Crippen LogP contribution is -2.55. The van der Waals surface area contributed by atoms with Gasteiger partial charge < -0.3 is 9.64 Å². The van der Waals surface area contributed by atoms with Gasteiger partial charge >= 0.3 is 0 Å². The molecule has 1 amide bonds. The normalized spacial score (nSPS) is 26.5. The third-order valence-corrected chi connectivity index (χ3v) is 7.93. The molecule has 188 valence electrons. The maximum atomic E-state index is 14.2. The quantitative estimate of drug-likeness (QED) is 0.396. The van der Waals surface area contributed by atoms with E-state index >= 15 is 0 Å². The number of piperidine rings is 1. The van der Waals surface area contributed by atoms with Crippen LogP contribution in [0.1, 0.15) is 56.3 Å². The van der Waals surface area contributed by atoms with Gasteiger partial charge in [-0.1, -0.05) is 48.3 Å². The van der Waals surface area contributed by atoms with Gasteiger partial charge in [0.1, 0.15) is 0 Å². The van der Waals surface area contributed by atoms with Crippen LogP contribution in [-0.2, 0) is 9.53 Å². The lowest BCUT2D eigenvalue weighted by Gasteiger charge is -2.51. The van der Waals surface area contributed by atoms with Crippen molar-refractivity contribution >= 4 is 29.1 Å². The van der Waals surface area contributed by atoms with Gasteiger partial charge in [-0.25, -0.2) is 0 Å². The highest BCUT2D eigenvalue weighted by atomic mass is 35.5. The Morgan fingerprint density at radius 1 is 1.23 bits per heavy atom. The Balaban J connectivity index is 1.74. The number of carbonyl (C=O) groups is 1. The van der Waals surface area contributed by atoms with Crippen LogP contribution in [-0.4, -0.2) is 59.6 Å². The third kappa shape index (κ3) is 5.91. The summed E-state index contributed by atoms with van der Waals surface area (Å²) in [5, 5.41) is 1.28. The third-order valence-electron chi connectivity index (χ3n) is 7.47. The molecule has 1 aromatic carbocycles. The van der Waals surface area contributed by atoms with Gasteiger partial charge in [0.25, 0.3) is 0 Å². The minimum Gasteiger partial charge on any atom is -0.379 e. The van der Waals surface area contributed by atoms with Gasteiger partial charge in [-0.05, 0) is 56.0 Å². The number of likely N-dealkylation sites (tertiary alicyclic amines) is 1. The van der Waals surface area contributed by atoms with Crippen molar-refractivity contribution < 1.29 is 9.53 Å². The van der Waals surface area contributed by atoms with Gasteiger partial charge in [0.2, 0.25) is 5.91 Å². The van der Waals surface area contributed by atoms with Crippen LogP contribution in [0.4, 0.5) is 0 Å². The number of morpholine rings is 1. The summed E-state index contributed by atoms with van der Waals surface area (Å²) in [5.41, 5.74) is 1.42. The zero-order valence-corrected chi connectivity index (χ0v) is 22.1. The number of allylic oxidation sites excluding steroid dienone is 1. The number of ether oxygens (including phenoxy) is 1. The van der Waals surface area contributed by atoms with Crippen molar-refractivity contribution in [3.8, 4) is 0 Å². The standard InChI is InChI=1S/C28H35Cl2N3O2/c1-4-11-28(3)18-24(21-6-5-7-22(29)17-21)26(25-9-8-23(30)19-31-25)33(27(28)34)20(2)10-12-32-13-15-35-16-14-32/h4-9,17,19-20,24,26H,1,10-16,18H2,2-3H3/t20-,24+,26-,28-/m0/s1. The average molecular weight is 517 g/mol. The summed E-state index contributed by atoms with van der Waals surface area (Å²) in [6.07, 6.45) is 5.73. The average Bonchev–Trinajstić information content (AvgIpc) is 2.85. The van der Waals surface area contributed by atoms with E-state index in [1.807, 2.05) is 36.4 Å². The van der Waals surface area contributed by atoms with Crippen molar-refractivity contribution in [2.45, 2.75) is 51.1 Å². The van der Waals surface area contributed by atoms with Crippen LogP contribution in [0.25, 0.3) is 0 Å². The van der Waals surface area contributed by atoms with Crippen molar-refractivity contribution in [3.05, 3.63) is 76.6 Å². The number of aromatic nitrogens is 1. The zero-order chi connectivity index (χ0) is 25.0. The summed E-state index contributed by atoms with van der Waals surface area (Å²) in [7, 11) is 0. The second-order valence-corrected chi connectivity index (χ2v) is 10.9. The molecule has 2 aromatic rings. The number of rotatable bonds is 8. The molecule has 2 aliphatic rings.